The first kappa shape index (κ1) is 10.6. The van der Waals surface area contributed by atoms with Crippen LogP contribution >= 0.6 is 0 Å². The summed E-state index contributed by atoms with van der Waals surface area (Å²) in [6.45, 7) is 11.4. The Kier molecular flexibility index (Phi) is 3.81. The molecule has 1 heteroatoms. The molecule has 13 heavy (non-hydrogen) atoms. The van der Waals surface area contributed by atoms with Crippen molar-refractivity contribution in [2.24, 2.45) is 11.8 Å². The highest BCUT2D eigenvalue weighted by molar-refractivity contribution is 5.05. The van der Waals surface area contributed by atoms with E-state index in [1.807, 2.05) is 0 Å². The summed E-state index contributed by atoms with van der Waals surface area (Å²) in [6, 6.07) is 0.662. The van der Waals surface area contributed by atoms with Gasteiger partial charge in [0.25, 0.3) is 0 Å². The molecule has 1 heterocycles. The molecule has 0 fully saturated rings. The van der Waals surface area contributed by atoms with Crippen LogP contribution in [0.2, 0.25) is 0 Å². The van der Waals surface area contributed by atoms with Crippen LogP contribution in [0.1, 0.15) is 34.1 Å². The maximum atomic E-state index is 3.32. The molecule has 0 spiro atoms. The van der Waals surface area contributed by atoms with E-state index in [1.165, 1.54) is 6.54 Å². The first-order valence-electron chi connectivity index (χ1n) is 5.33. The highest BCUT2D eigenvalue weighted by Crippen LogP contribution is 2.15. The molecule has 0 N–H and O–H groups in total. The van der Waals surface area contributed by atoms with Crippen LogP contribution in [-0.2, 0) is 0 Å². The van der Waals surface area contributed by atoms with Crippen molar-refractivity contribution in [2.75, 3.05) is 13.1 Å². The van der Waals surface area contributed by atoms with E-state index >= 15 is 0 Å². The summed E-state index contributed by atoms with van der Waals surface area (Å²) in [4.78, 5) is 2.54. The molecule has 1 aliphatic rings. The van der Waals surface area contributed by atoms with Gasteiger partial charge in [0, 0.05) is 31.5 Å². The van der Waals surface area contributed by atoms with Gasteiger partial charge >= 0.3 is 0 Å². The van der Waals surface area contributed by atoms with Gasteiger partial charge in [-0.1, -0.05) is 19.8 Å². The maximum Gasteiger partial charge on any atom is 0.0217 e. The highest BCUT2D eigenvalue weighted by atomic mass is 15.1. The van der Waals surface area contributed by atoms with Crippen LogP contribution in [-0.4, -0.2) is 24.0 Å². The molecule has 1 rings (SSSR count). The second-order valence-corrected chi connectivity index (χ2v) is 4.43. The summed E-state index contributed by atoms with van der Waals surface area (Å²) in [5, 5.41) is 0. The first-order chi connectivity index (χ1) is 6.11. The summed E-state index contributed by atoms with van der Waals surface area (Å²) in [6.07, 6.45) is 1.04. The van der Waals surface area contributed by atoms with Gasteiger partial charge in [-0.05, 0) is 19.8 Å². The molecule has 1 aliphatic heterocycles. The Bertz CT molecular complexity index is 209. The Balaban J connectivity index is 2.62. The third-order valence-electron chi connectivity index (χ3n) is 2.96. The molecule has 0 unspecified atom stereocenters. The van der Waals surface area contributed by atoms with Crippen LogP contribution in [0.3, 0.4) is 0 Å². The van der Waals surface area contributed by atoms with Crippen molar-refractivity contribution in [3.05, 3.63) is 0 Å². The second-order valence-electron chi connectivity index (χ2n) is 4.43. The predicted molar refractivity (Wildman–Crippen MR) is 57.4 cm³/mol. The molecule has 0 saturated carbocycles. The summed E-state index contributed by atoms with van der Waals surface area (Å²) >= 11 is 0. The average molecular weight is 179 g/mol. The van der Waals surface area contributed by atoms with Crippen molar-refractivity contribution in [3.63, 3.8) is 0 Å². The van der Waals surface area contributed by atoms with E-state index in [1.54, 1.807) is 0 Å². The smallest absolute Gasteiger partial charge is 0.0217 e. The van der Waals surface area contributed by atoms with Crippen LogP contribution in [0, 0.1) is 23.7 Å². The van der Waals surface area contributed by atoms with E-state index in [4.69, 9.17) is 0 Å². The van der Waals surface area contributed by atoms with Gasteiger partial charge in [-0.3, -0.25) is 4.90 Å². The molecule has 0 radical (unpaired) electrons. The molecule has 1 nitrogen and oxygen atoms in total. The Hall–Kier alpha value is -0.480. The molecular formula is C12H21N. The van der Waals surface area contributed by atoms with Crippen molar-refractivity contribution in [2.45, 2.75) is 40.2 Å². The number of hydrogen-bond donors (Lipinski definition) is 0. The van der Waals surface area contributed by atoms with Crippen molar-refractivity contribution >= 4 is 0 Å². The molecule has 0 aromatic heterocycles. The average Bonchev–Trinajstić information content (AvgIpc) is 2.06. The molecular weight excluding hydrogens is 158 g/mol. The van der Waals surface area contributed by atoms with Crippen LogP contribution in [0.15, 0.2) is 0 Å². The minimum atomic E-state index is 0.557. The van der Waals surface area contributed by atoms with E-state index in [2.05, 4.69) is 44.4 Å². The van der Waals surface area contributed by atoms with E-state index in [9.17, 15) is 0 Å². The number of nitrogens with zero attached hydrogens (tertiary/aromatic N) is 1. The first-order valence-corrected chi connectivity index (χ1v) is 5.33. The SMILES string of the molecule is CC(C)N1CCC#C[C@H](C)[C@@H](C)C1. The van der Waals surface area contributed by atoms with Gasteiger partial charge in [0.05, 0.1) is 0 Å². The minimum absolute atomic E-state index is 0.557. The minimum Gasteiger partial charge on any atom is -0.300 e. The van der Waals surface area contributed by atoms with E-state index in [0.29, 0.717) is 17.9 Å². The second kappa shape index (κ2) is 4.67. The zero-order chi connectivity index (χ0) is 9.84. The molecule has 0 saturated heterocycles. The van der Waals surface area contributed by atoms with Crippen LogP contribution < -0.4 is 0 Å². The Morgan fingerprint density at radius 3 is 2.62 bits per heavy atom. The van der Waals surface area contributed by atoms with Crippen LogP contribution in [0.4, 0.5) is 0 Å². The topological polar surface area (TPSA) is 3.24 Å². The molecule has 0 aromatic rings. The Morgan fingerprint density at radius 1 is 1.31 bits per heavy atom. The lowest BCUT2D eigenvalue weighted by atomic mass is 9.94. The zero-order valence-electron chi connectivity index (χ0n) is 9.30. The van der Waals surface area contributed by atoms with Gasteiger partial charge in [-0.15, -0.1) is 5.92 Å². The fraction of sp³-hybridized carbons (Fsp3) is 0.833. The predicted octanol–water partition coefficient (Wildman–Crippen LogP) is 2.38. The fourth-order valence-electron chi connectivity index (χ4n) is 1.66. The van der Waals surface area contributed by atoms with Crippen LogP contribution in [0.5, 0.6) is 0 Å². The Labute approximate surface area is 82.5 Å². The molecule has 0 amide bonds. The fourth-order valence-corrected chi connectivity index (χ4v) is 1.66. The number of rotatable bonds is 1. The molecule has 0 bridgehead atoms. The summed E-state index contributed by atoms with van der Waals surface area (Å²) in [5.74, 6) is 7.84. The molecule has 0 aromatic carbocycles. The van der Waals surface area contributed by atoms with Crippen molar-refractivity contribution in [1.29, 1.82) is 0 Å². The van der Waals surface area contributed by atoms with Crippen molar-refractivity contribution in [3.8, 4) is 11.8 Å². The third kappa shape index (κ3) is 3.04. The van der Waals surface area contributed by atoms with E-state index < -0.39 is 0 Å². The quantitative estimate of drug-likeness (QED) is 0.559. The number of hydrogen-bond acceptors (Lipinski definition) is 1. The monoisotopic (exact) mass is 179 g/mol. The highest BCUT2D eigenvalue weighted by Gasteiger charge is 2.17. The Morgan fingerprint density at radius 2 is 2.00 bits per heavy atom. The van der Waals surface area contributed by atoms with Gasteiger partial charge in [0.1, 0.15) is 0 Å². The normalized spacial score (nSPS) is 30.5. The lowest BCUT2D eigenvalue weighted by Crippen LogP contribution is -2.37. The van der Waals surface area contributed by atoms with Crippen LogP contribution in [0.25, 0.3) is 0 Å². The lowest BCUT2D eigenvalue weighted by molar-refractivity contribution is 0.181. The van der Waals surface area contributed by atoms with Gasteiger partial charge < -0.3 is 0 Å². The summed E-state index contributed by atoms with van der Waals surface area (Å²) in [7, 11) is 0. The summed E-state index contributed by atoms with van der Waals surface area (Å²) in [5.41, 5.74) is 0. The maximum absolute atomic E-state index is 3.32. The molecule has 2 atom stereocenters. The van der Waals surface area contributed by atoms with Gasteiger partial charge in [-0.2, -0.15) is 0 Å². The zero-order valence-corrected chi connectivity index (χ0v) is 9.30. The van der Waals surface area contributed by atoms with Crippen molar-refractivity contribution < 1.29 is 0 Å². The van der Waals surface area contributed by atoms with E-state index in [-0.39, 0.29) is 0 Å². The molecule has 0 aliphatic carbocycles. The largest absolute Gasteiger partial charge is 0.300 e. The van der Waals surface area contributed by atoms with E-state index in [0.717, 1.165) is 13.0 Å². The lowest BCUT2D eigenvalue weighted by Gasteiger charge is -2.31. The van der Waals surface area contributed by atoms with Gasteiger partial charge in [0.15, 0.2) is 0 Å². The van der Waals surface area contributed by atoms with Gasteiger partial charge in [0.2, 0.25) is 0 Å². The molecule has 74 valence electrons. The standard InChI is InChI=1S/C12H21N/c1-10(2)13-8-6-5-7-11(3)12(4)9-13/h10-12H,6,8-9H2,1-4H3/t11-,12-/m0/s1. The van der Waals surface area contributed by atoms with Crippen molar-refractivity contribution in [1.82, 2.24) is 4.90 Å². The summed E-state index contributed by atoms with van der Waals surface area (Å²) < 4.78 is 0. The van der Waals surface area contributed by atoms with Gasteiger partial charge in [-0.25, -0.2) is 0 Å². The third-order valence-corrected chi connectivity index (χ3v) is 2.96.